The van der Waals surface area contributed by atoms with E-state index in [4.69, 9.17) is 0 Å². The third-order valence-electron chi connectivity index (χ3n) is 3.79. The smallest absolute Gasteiger partial charge is 0.225 e. The summed E-state index contributed by atoms with van der Waals surface area (Å²) in [5.41, 5.74) is 3.73. The lowest BCUT2D eigenvalue weighted by Crippen LogP contribution is -2.25. The predicted octanol–water partition coefficient (Wildman–Crippen LogP) is 2.19. The molecule has 0 aliphatic heterocycles. The number of H-pyrrole nitrogens is 1. The van der Waals surface area contributed by atoms with Gasteiger partial charge in [0.15, 0.2) is 0 Å². The molecule has 124 valence electrons. The monoisotopic (exact) mass is 323 g/mol. The van der Waals surface area contributed by atoms with Crippen LogP contribution in [-0.2, 0) is 17.8 Å². The number of aryl methyl sites for hydroxylation is 1. The summed E-state index contributed by atoms with van der Waals surface area (Å²) in [6.45, 7) is 2.32. The number of aromatic amines is 1. The number of nitrogens with one attached hydrogen (secondary N) is 2. The molecule has 0 aliphatic carbocycles. The molecule has 2 N–H and O–H groups in total. The number of benzene rings is 1. The van der Waals surface area contributed by atoms with E-state index in [1.165, 1.54) is 0 Å². The van der Waals surface area contributed by atoms with Gasteiger partial charge in [-0.15, -0.1) is 0 Å². The topological polar surface area (TPSA) is 73.9 Å². The quantitative estimate of drug-likeness (QED) is 0.755. The van der Waals surface area contributed by atoms with Crippen LogP contribution in [0.1, 0.15) is 17.0 Å². The van der Waals surface area contributed by atoms with Gasteiger partial charge in [-0.05, 0) is 24.6 Å². The maximum Gasteiger partial charge on any atom is 0.225 e. The molecule has 24 heavy (non-hydrogen) atoms. The van der Waals surface area contributed by atoms with Gasteiger partial charge in [-0.3, -0.25) is 4.79 Å². The molecule has 6 heteroatoms. The first-order valence-electron chi connectivity index (χ1n) is 7.86. The molecule has 0 saturated heterocycles. The van der Waals surface area contributed by atoms with E-state index in [1.807, 2.05) is 62.4 Å². The summed E-state index contributed by atoms with van der Waals surface area (Å²) < 4.78 is 0. The number of rotatable bonds is 5. The van der Waals surface area contributed by atoms with Crippen LogP contribution < -0.4 is 10.2 Å². The van der Waals surface area contributed by atoms with E-state index in [1.54, 1.807) is 0 Å². The number of hydrogen-bond donors (Lipinski definition) is 2. The summed E-state index contributed by atoms with van der Waals surface area (Å²) in [6.07, 6.45) is 2.23. The fourth-order valence-corrected chi connectivity index (χ4v) is 2.61. The van der Waals surface area contributed by atoms with Crippen molar-refractivity contribution in [3.63, 3.8) is 0 Å². The van der Waals surface area contributed by atoms with Crippen molar-refractivity contribution in [2.75, 3.05) is 19.0 Å². The summed E-state index contributed by atoms with van der Waals surface area (Å²) in [5.74, 6) is 0.623. The van der Waals surface area contributed by atoms with Crippen LogP contribution in [0.2, 0.25) is 0 Å². The number of para-hydroxylation sites is 1. The Kier molecular flexibility index (Phi) is 4.46. The van der Waals surface area contributed by atoms with Gasteiger partial charge < -0.3 is 15.2 Å². The van der Waals surface area contributed by atoms with Crippen LogP contribution in [0.25, 0.3) is 10.9 Å². The largest absolute Gasteiger partial charge is 0.361 e. The summed E-state index contributed by atoms with van der Waals surface area (Å²) in [5, 5.41) is 4.02. The molecule has 2 aromatic heterocycles. The summed E-state index contributed by atoms with van der Waals surface area (Å²) in [4.78, 5) is 26.1. The number of nitrogens with zero attached hydrogens (tertiary/aromatic N) is 3. The average molecular weight is 323 g/mol. The van der Waals surface area contributed by atoms with Gasteiger partial charge in [-0.25, -0.2) is 9.97 Å². The number of carbonyl (C=O) groups excluding carboxylic acids is 1. The molecule has 0 atom stereocenters. The Bertz CT molecular complexity index is 869. The minimum absolute atomic E-state index is 0.0255. The SMILES string of the molecule is Cc1cc(CNC(=O)Cc2c[nH]c3ccccc23)nc(N(C)C)n1. The van der Waals surface area contributed by atoms with Crippen LogP contribution in [0.15, 0.2) is 36.5 Å². The normalized spacial score (nSPS) is 10.8. The van der Waals surface area contributed by atoms with Gasteiger partial charge in [0.1, 0.15) is 0 Å². The van der Waals surface area contributed by atoms with Crippen LogP contribution in [-0.4, -0.2) is 35.0 Å². The van der Waals surface area contributed by atoms with Gasteiger partial charge in [0, 0.05) is 36.9 Å². The third-order valence-corrected chi connectivity index (χ3v) is 3.79. The molecule has 2 heterocycles. The standard InChI is InChI=1S/C18H21N5O/c1-12-8-14(22-18(21-12)23(2)3)11-20-17(24)9-13-10-19-16-7-5-4-6-15(13)16/h4-8,10,19H,9,11H2,1-3H3,(H,20,24). The number of anilines is 1. The second-order valence-electron chi connectivity index (χ2n) is 6.01. The highest BCUT2D eigenvalue weighted by Gasteiger charge is 2.10. The second kappa shape index (κ2) is 6.70. The summed E-state index contributed by atoms with van der Waals surface area (Å²) in [7, 11) is 3.79. The molecule has 0 unspecified atom stereocenters. The maximum absolute atomic E-state index is 12.3. The van der Waals surface area contributed by atoms with Gasteiger partial charge in [0.25, 0.3) is 0 Å². The van der Waals surface area contributed by atoms with E-state index >= 15 is 0 Å². The Morgan fingerprint density at radius 2 is 2.04 bits per heavy atom. The number of aromatic nitrogens is 3. The molecule has 1 aromatic carbocycles. The highest BCUT2D eigenvalue weighted by molar-refractivity contribution is 5.88. The highest BCUT2D eigenvalue weighted by Crippen LogP contribution is 2.18. The minimum Gasteiger partial charge on any atom is -0.361 e. The molecular formula is C18H21N5O. The fraction of sp³-hybridized carbons (Fsp3) is 0.278. The lowest BCUT2D eigenvalue weighted by Gasteiger charge is -2.12. The van der Waals surface area contributed by atoms with Crippen LogP contribution in [0, 0.1) is 6.92 Å². The van der Waals surface area contributed by atoms with Crippen molar-refractivity contribution in [3.05, 3.63) is 53.5 Å². The van der Waals surface area contributed by atoms with Crippen LogP contribution >= 0.6 is 0 Å². The molecule has 0 radical (unpaired) electrons. The summed E-state index contributed by atoms with van der Waals surface area (Å²) >= 11 is 0. The Labute approximate surface area is 140 Å². The van der Waals surface area contributed by atoms with Crippen molar-refractivity contribution in [2.24, 2.45) is 0 Å². The molecule has 0 spiro atoms. The van der Waals surface area contributed by atoms with E-state index in [0.29, 0.717) is 18.9 Å². The number of fused-ring (bicyclic) bond motifs is 1. The second-order valence-corrected chi connectivity index (χ2v) is 6.01. The summed E-state index contributed by atoms with van der Waals surface area (Å²) in [6, 6.07) is 9.86. The van der Waals surface area contributed by atoms with Gasteiger partial charge in [-0.2, -0.15) is 0 Å². The zero-order chi connectivity index (χ0) is 17.1. The first-order valence-corrected chi connectivity index (χ1v) is 7.86. The minimum atomic E-state index is -0.0255. The molecule has 1 amide bonds. The van der Waals surface area contributed by atoms with Crippen LogP contribution in [0.4, 0.5) is 5.95 Å². The van der Waals surface area contributed by atoms with Crippen molar-refractivity contribution in [2.45, 2.75) is 19.9 Å². The van der Waals surface area contributed by atoms with Crippen molar-refractivity contribution >= 4 is 22.8 Å². The van der Waals surface area contributed by atoms with E-state index < -0.39 is 0 Å². The number of amides is 1. The first-order chi connectivity index (χ1) is 11.5. The Morgan fingerprint density at radius 3 is 2.83 bits per heavy atom. The van der Waals surface area contributed by atoms with Gasteiger partial charge in [-0.1, -0.05) is 18.2 Å². The zero-order valence-corrected chi connectivity index (χ0v) is 14.1. The highest BCUT2D eigenvalue weighted by atomic mass is 16.1. The van der Waals surface area contributed by atoms with Crippen molar-refractivity contribution < 1.29 is 4.79 Å². The fourth-order valence-electron chi connectivity index (χ4n) is 2.61. The van der Waals surface area contributed by atoms with Gasteiger partial charge in [0.2, 0.25) is 11.9 Å². The number of carbonyl (C=O) groups is 1. The lowest BCUT2D eigenvalue weighted by atomic mass is 10.1. The van der Waals surface area contributed by atoms with E-state index in [-0.39, 0.29) is 5.91 Å². The molecule has 0 bridgehead atoms. The van der Waals surface area contributed by atoms with Crippen molar-refractivity contribution in [1.82, 2.24) is 20.3 Å². The molecule has 3 aromatic rings. The van der Waals surface area contributed by atoms with Crippen LogP contribution in [0.3, 0.4) is 0 Å². The molecule has 6 nitrogen and oxygen atoms in total. The Hall–Kier alpha value is -2.89. The maximum atomic E-state index is 12.3. The van der Waals surface area contributed by atoms with E-state index in [9.17, 15) is 4.79 Å². The number of hydrogen-bond acceptors (Lipinski definition) is 4. The van der Waals surface area contributed by atoms with Gasteiger partial charge >= 0.3 is 0 Å². The van der Waals surface area contributed by atoms with E-state index in [2.05, 4.69) is 20.3 Å². The lowest BCUT2D eigenvalue weighted by molar-refractivity contribution is -0.120. The molecule has 3 rings (SSSR count). The van der Waals surface area contributed by atoms with Crippen molar-refractivity contribution in [3.8, 4) is 0 Å². The molecule has 0 saturated carbocycles. The first kappa shape index (κ1) is 16.0. The zero-order valence-electron chi connectivity index (χ0n) is 14.1. The molecule has 0 aliphatic rings. The average Bonchev–Trinajstić information content (AvgIpc) is 2.96. The Morgan fingerprint density at radius 1 is 1.25 bits per heavy atom. The molecule has 0 fully saturated rings. The van der Waals surface area contributed by atoms with Crippen LogP contribution in [0.5, 0.6) is 0 Å². The Balaban J connectivity index is 1.66. The molecular weight excluding hydrogens is 302 g/mol. The predicted molar refractivity (Wildman–Crippen MR) is 94.9 cm³/mol. The van der Waals surface area contributed by atoms with Gasteiger partial charge in [0.05, 0.1) is 18.7 Å². The van der Waals surface area contributed by atoms with Crippen molar-refractivity contribution in [1.29, 1.82) is 0 Å². The third kappa shape index (κ3) is 3.53. The van der Waals surface area contributed by atoms with E-state index in [0.717, 1.165) is 27.9 Å².